The van der Waals surface area contributed by atoms with E-state index in [9.17, 15) is 14.4 Å². The zero-order chi connectivity index (χ0) is 22.0. The number of para-hydroxylation sites is 1. The molecule has 0 bridgehead atoms. The second-order valence-corrected chi connectivity index (χ2v) is 7.77. The highest BCUT2D eigenvalue weighted by Gasteiger charge is 2.32. The monoisotopic (exact) mass is 417 g/mol. The van der Waals surface area contributed by atoms with Crippen molar-refractivity contribution in [1.82, 2.24) is 9.99 Å². The maximum absolute atomic E-state index is 12.7. The number of nitrogens with one attached hydrogen (secondary N) is 1. The lowest BCUT2D eigenvalue weighted by Gasteiger charge is -2.21. The minimum atomic E-state index is -1.03. The van der Waals surface area contributed by atoms with Crippen LogP contribution in [0.3, 0.4) is 0 Å². The van der Waals surface area contributed by atoms with Gasteiger partial charge in [0.1, 0.15) is 0 Å². The Kier molecular flexibility index (Phi) is 5.66. The third-order valence-corrected chi connectivity index (χ3v) is 5.54. The van der Waals surface area contributed by atoms with Crippen LogP contribution in [0, 0.1) is 6.92 Å². The van der Waals surface area contributed by atoms with Gasteiger partial charge in [-0.25, -0.2) is 5.01 Å². The molecule has 0 fully saturated rings. The van der Waals surface area contributed by atoms with Crippen molar-refractivity contribution in [2.24, 2.45) is 5.10 Å². The lowest BCUT2D eigenvalue weighted by Crippen LogP contribution is -2.35. The van der Waals surface area contributed by atoms with Crippen molar-refractivity contribution in [2.75, 3.05) is 0 Å². The van der Waals surface area contributed by atoms with Gasteiger partial charge in [0.2, 0.25) is 5.91 Å². The number of amides is 1. The van der Waals surface area contributed by atoms with E-state index in [4.69, 9.17) is 5.11 Å². The van der Waals surface area contributed by atoms with Crippen LogP contribution >= 0.6 is 0 Å². The van der Waals surface area contributed by atoms with Gasteiger partial charge >= 0.3 is 5.97 Å². The fourth-order valence-corrected chi connectivity index (χ4v) is 3.95. The van der Waals surface area contributed by atoms with E-state index in [2.05, 4.69) is 10.1 Å². The number of nitrogens with zero attached hydrogens (tertiary/aromatic N) is 2. The fourth-order valence-electron chi connectivity index (χ4n) is 3.95. The smallest absolute Gasteiger partial charge is 0.303 e. The third-order valence-electron chi connectivity index (χ3n) is 5.54. The van der Waals surface area contributed by atoms with E-state index in [1.165, 1.54) is 5.01 Å². The SMILES string of the molecule is Cc1cccc2cc(CC3CC(c4ccccc4)=NN3C(=O)CCC(=O)O)c(=O)[nH]c12. The number of H-pyrrole nitrogens is 1. The Bertz CT molecular complexity index is 1230. The molecule has 0 aliphatic carbocycles. The van der Waals surface area contributed by atoms with Gasteiger partial charge in [-0.3, -0.25) is 14.4 Å². The fraction of sp³-hybridized carbons (Fsp3) is 0.250. The molecule has 0 spiro atoms. The number of pyridine rings is 1. The Labute approximate surface area is 179 Å². The highest BCUT2D eigenvalue weighted by molar-refractivity contribution is 6.03. The van der Waals surface area contributed by atoms with Crippen molar-refractivity contribution in [3.05, 3.63) is 81.6 Å². The molecule has 1 atom stereocenters. The van der Waals surface area contributed by atoms with E-state index in [1.54, 1.807) is 0 Å². The Morgan fingerprint density at radius 2 is 1.90 bits per heavy atom. The average molecular weight is 417 g/mol. The summed E-state index contributed by atoms with van der Waals surface area (Å²) in [5.41, 5.74) is 3.84. The minimum Gasteiger partial charge on any atom is -0.481 e. The summed E-state index contributed by atoms with van der Waals surface area (Å²) >= 11 is 0. The molecular formula is C24H23N3O4. The molecule has 1 amide bonds. The van der Waals surface area contributed by atoms with E-state index >= 15 is 0 Å². The number of aliphatic carboxylic acids is 1. The summed E-state index contributed by atoms with van der Waals surface area (Å²) in [6.07, 6.45) is 0.435. The maximum atomic E-state index is 12.7. The molecule has 31 heavy (non-hydrogen) atoms. The predicted molar refractivity (Wildman–Crippen MR) is 118 cm³/mol. The second-order valence-electron chi connectivity index (χ2n) is 7.77. The molecule has 1 aliphatic heterocycles. The Balaban J connectivity index is 1.64. The van der Waals surface area contributed by atoms with E-state index in [0.29, 0.717) is 18.4 Å². The number of carbonyl (C=O) groups is 2. The lowest BCUT2D eigenvalue weighted by atomic mass is 9.98. The van der Waals surface area contributed by atoms with Gasteiger partial charge in [0.05, 0.1) is 23.7 Å². The first kappa shape index (κ1) is 20.5. The molecule has 158 valence electrons. The first-order chi connectivity index (χ1) is 14.9. The number of benzene rings is 2. The molecular weight excluding hydrogens is 394 g/mol. The van der Waals surface area contributed by atoms with E-state index < -0.39 is 5.97 Å². The summed E-state index contributed by atoms with van der Waals surface area (Å²) < 4.78 is 0. The van der Waals surface area contributed by atoms with Gasteiger partial charge < -0.3 is 10.1 Å². The molecule has 3 aromatic rings. The summed E-state index contributed by atoms with van der Waals surface area (Å²) in [5.74, 6) is -1.39. The number of aromatic amines is 1. The van der Waals surface area contributed by atoms with Gasteiger partial charge in [0, 0.05) is 24.8 Å². The number of hydrogen-bond acceptors (Lipinski definition) is 4. The first-order valence-electron chi connectivity index (χ1n) is 10.2. The summed E-state index contributed by atoms with van der Waals surface area (Å²) in [4.78, 5) is 39.4. The number of hydrazone groups is 1. The van der Waals surface area contributed by atoms with Crippen LogP contribution in [0.15, 0.2) is 64.5 Å². The number of carbonyl (C=O) groups excluding carboxylic acids is 1. The number of rotatable bonds is 6. The normalized spacial score (nSPS) is 15.8. The van der Waals surface area contributed by atoms with Crippen molar-refractivity contribution in [1.29, 1.82) is 0 Å². The topological polar surface area (TPSA) is 103 Å². The molecule has 2 heterocycles. The van der Waals surface area contributed by atoms with Gasteiger partial charge in [-0.05, 0) is 29.5 Å². The summed E-state index contributed by atoms with van der Waals surface area (Å²) in [6.45, 7) is 1.94. The predicted octanol–water partition coefficient (Wildman–Crippen LogP) is 3.25. The van der Waals surface area contributed by atoms with Crippen LogP contribution in [-0.2, 0) is 16.0 Å². The summed E-state index contributed by atoms with van der Waals surface area (Å²) in [5, 5.41) is 15.8. The second kappa shape index (κ2) is 8.55. The van der Waals surface area contributed by atoms with Crippen molar-refractivity contribution in [2.45, 2.75) is 38.6 Å². The summed E-state index contributed by atoms with van der Waals surface area (Å²) in [7, 11) is 0. The Morgan fingerprint density at radius 3 is 2.65 bits per heavy atom. The van der Waals surface area contributed by atoms with Crippen LogP contribution in [0.1, 0.15) is 36.0 Å². The molecule has 0 radical (unpaired) electrons. The number of carboxylic acid groups (broad SMARTS) is 1. The molecule has 2 aromatic carbocycles. The Morgan fingerprint density at radius 1 is 1.13 bits per heavy atom. The van der Waals surface area contributed by atoms with Gasteiger partial charge in [0.25, 0.3) is 5.56 Å². The number of hydrogen-bond donors (Lipinski definition) is 2. The largest absolute Gasteiger partial charge is 0.481 e. The van der Waals surface area contributed by atoms with Gasteiger partial charge in [0.15, 0.2) is 0 Å². The van der Waals surface area contributed by atoms with Gasteiger partial charge in [-0.1, -0.05) is 48.5 Å². The van der Waals surface area contributed by atoms with Crippen molar-refractivity contribution < 1.29 is 14.7 Å². The molecule has 7 nitrogen and oxygen atoms in total. The van der Waals surface area contributed by atoms with Crippen LogP contribution in [-0.4, -0.2) is 38.7 Å². The molecule has 4 rings (SSSR count). The molecule has 1 unspecified atom stereocenters. The molecule has 1 aromatic heterocycles. The first-order valence-corrected chi connectivity index (χ1v) is 10.2. The zero-order valence-electron chi connectivity index (χ0n) is 17.2. The van der Waals surface area contributed by atoms with Crippen LogP contribution in [0.2, 0.25) is 0 Å². The maximum Gasteiger partial charge on any atom is 0.303 e. The summed E-state index contributed by atoms with van der Waals surface area (Å²) in [6, 6.07) is 16.9. The lowest BCUT2D eigenvalue weighted by molar-refractivity contribution is -0.141. The number of aromatic nitrogens is 1. The highest BCUT2D eigenvalue weighted by Crippen LogP contribution is 2.25. The van der Waals surface area contributed by atoms with Crippen molar-refractivity contribution in [3.63, 3.8) is 0 Å². The van der Waals surface area contributed by atoms with Crippen molar-refractivity contribution in [3.8, 4) is 0 Å². The van der Waals surface area contributed by atoms with Crippen LogP contribution < -0.4 is 5.56 Å². The molecule has 0 saturated carbocycles. The molecule has 1 aliphatic rings. The van der Waals surface area contributed by atoms with E-state index in [0.717, 1.165) is 27.7 Å². The van der Waals surface area contributed by atoms with Crippen LogP contribution in [0.5, 0.6) is 0 Å². The molecule has 7 heteroatoms. The van der Waals surface area contributed by atoms with Crippen molar-refractivity contribution >= 4 is 28.5 Å². The van der Waals surface area contributed by atoms with Crippen LogP contribution in [0.25, 0.3) is 10.9 Å². The molecule has 2 N–H and O–H groups in total. The van der Waals surface area contributed by atoms with E-state index in [-0.39, 0.29) is 30.3 Å². The van der Waals surface area contributed by atoms with Gasteiger partial charge in [-0.15, -0.1) is 0 Å². The average Bonchev–Trinajstić information content (AvgIpc) is 3.18. The zero-order valence-corrected chi connectivity index (χ0v) is 17.2. The number of aryl methyl sites for hydroxylation is 1. The standard InChI is InChI=1S/C24H23N3O4/c1-15-6-5-9-17-12-18(24(31)25-23(15)17)13-19-14-20(16-7-3-2-4-8-16)26-27(19)21(28)10-11-22(29)30/h2-9,12,19H,10-11,13-14H2,1H3,(H,25,31)(H,29,30). The molecule has 0 saturated heterocycles. The highest BCUT2D eigenvalue weighted by atomic mass is 16.4. The number of carboxylic acids is 1. The Hall–Kier alpha value is -3.74. The quantitative estimate of drug-likeness (QED) is 0.643. The number of fused-ring (bicyclic) bond motifs is 1. The van der Waals surface area contributed by atoms with E-state index in [1.807, 2.05) is 61.5 Å². The van der Waals surface area contributed by atoms with Crippen LogP contribution in [0.4, 0.5) is 0 Å². The third kappa shape index (κ3) is 4.40. The minimum absolute atomic E-state index is 0.134. The van der Waals surface area contributed by atoms with Gasteiger partial charge in [-0.2, -0.15) is 5.10 Å².